The van der Waals surface area contributed by atoms with Crippen LogP contribution in [0.3, 0.4) is 0 Å². The number of ether oxygens (including phenoxy) is 1. The molecule has 3 heterocycles. The number of fused-ring (bicyclic) bond motifs is 1. The van der Waals surface area contributed by atoms with Crippen molar-refractivity contribution in [2.24, 2.45) is 7.05 Å². The Morgan fingerprint density at radius 3 is 2.79 bits per heavy atom. The predicted octanol–water partition coefficient (Wildman–Crippen LogP) is 3.64. The SMILES string of the molecule is Cc1ncc(CNc2ncc3cc(Oc4ccccc4F)c(=O)n(C)c3n2)s1. The topological polar surface area (TPSA) is 81.9 Å². The molecule has 0 aliphatic carbocycles. The van der Waals surface area contributed by atoms with E-state index in [1.807, 2.05) is 6.92 Å². The zero-order chi connectivity index (χ0) is 19.7. The van der Waals surface area contributed by atoms with Crippen molar-refractivity contribution in [1.82, 2.24) is 19.5 Å². The minimum Gasteiger partial charge on any atom is -0.448 e. The number of nitrogens with one attached hydrogen (secondary N) is 1. The van der Waals surface area contributed by atoms with Gasteiger partial charge in [0.05, 0.1) is 11.6 Å². The quantitative estimate of drug-likeness (QED) is 0.554. The third-order valence-corrected chi connectivity index (χ3v) is 4.97. The number of benzene rings is 1. The summed E-state index contributed by atoms with van der Waals surface area (Å²) in [6.07, 6.45) is 3.40. The van der Waals surface area contributed by atoms with Crippen molar-refractivity contribution in [2.45, 2.75) is 13.5 Å². The van der Waals surface area contributed by atoms with E-state index in [0.717, 1.165) is 9.88 Å². The second-order valence-corrected chi connectivity index (χ2v) is 7.40. The number of hydrogen-bond donors (Lipinski definition) is 1. The first-order valence-corrected chi connectivity index (χ1v) is 9.27. The molecule has 142 valence electrons. The lowest BCUT2D eigenvalue weighted by Gasteiger charge is -2.11. The molecule has 0 aliphatic rings. The first-order valence-electron chi connectivity index (χ1n) is 8.45. The summed E-state index contributed by atoms with van der Waals surface area (Å²) in [5.74, 6) is -0.155. The summed E-state index contributed by atoms with van der Waals surface area (Å²) >= 11 is 1.59. The molecular weight excluding hydrogens is 381 g/mol. The normalized spacial score (nSPS) is 11.0. The maximum atomic E-state index is 13.8. The highest BCUT2D eigenvalue weighted by atomic mass is 32.1. The molecule has 0 aliphatic heterocycles. The number of thiazole rings is 1. The molecule has 0 bridgehead atoms. The molecule has 7 nitrogen and oxygen atoms in total. The van der Waals surface area contributed by atoms with E-state index in [9.17, 15) is 9.18 Å². The molecule has 0 radical (unpaired) electrons. The van der Waals surface area contributed by atoms with Crippen LogP contribution in [0, 0.1) is 12.7 Å². The van der Waals surface area contributed by atoms with Gasteiger partial charge in [-0.25, -0.2) is 14.4 Å². The Morgan fingerprint density at radius 2 is 2.04 bits per heavy atom. The van der Waals surface area contributed by atoms with E-state index in [4.69, 9.17) is 4.74 Å². The number of aromatic nitrogens is 4. The third-order valence-electron chi connectivity index (χ3n) is 4.06. The van der Waals surface area contributed by atoms with Gasteiger partial charge < -0.3 is 10.1 Å². The summed E-state index contributed by atoms with van der Waals surface area (Å²) in [5.41, 5.74) is 0.0300. The van der Waals surface area contributed by atoms with E-state index in [0.29, 0.717) is 23.5 Å². The van der Waals surface area contributed by atoms with Crippen LogP contribution in [0.15, 0.2) is 47.5 Å². The average molecular weight is 397 g/mol. The van der Waals surface area contributed by atoms with Gasteiger partial charge in [-0.3, -0.25) is 9.36 Å². The van der Waals surface area contributed by atoms with Gasteiger partial charge in [0.25, 0.3) is 5.56 Å². The van der Waals surface area contributed by atoms with Crippen LogP contribution in [0.2, 0.25) is 0 Å². The van der Waals surface area contributed by atoms with E-state index in [1.54, 1.807) is 42.9 Å². The number of hydrogen-bond acceptors (Lipinski definition) is 7. The van der Waals surface area contributed by atoms with Gasteiger partial charge in [0.2, 0.25) is 5.95 Å². The van der Waals surface area contributed by atoms with Crippen molar-refractivity contribution in [3.63, 3.8) is 0 Å². The molecule has 4 rings (SSSR count). The lowest BCUT2D eigenvalue weighted by Crippen LogP contribution is -2.20. The van der Waals surface area contributed by atoms with E-state index in [-0.39, 0.29) is 11.5 Å². The van der Waals surface area contributed by atoms with Crippen molar-refractivity contribution in [2.75, 3.05) is 5.32 Å². The number of anilines is 1. The molecule has 0 saturated heterocycles. The first kappa shape index (κ1) is 18.1. The Bertz CT molecular complexity index is 1220. The fourth-order valence-corrected chi connectivity index (χ4v) is 3.41. The van der Waals surface area contributed by atoms with Crippen LogP contribution in [0.4, 0.5) is 10.3 Å². The number of halogens is 1. The van der Waals surface area contributed by atoms with Crippen LogP contribution in [0.1, 0.15) is 9.88 Å². The van der Waals surface area contributed by atoms with E-state index < -0.39 is 11.4 Å². The van der Waals surface area contributed by atoms with Crippen LogP contribution >= 0.6 is 11.3 Å². The van der Waals surface area contributed by atoms with Crippen molar-refractivity contribution < 1.29 is 9.13 Å². The molecule has 28 heavy (non-hydrogen) atoms. The van der Waals surface area contributed by atoms with Gasteiger partial charge in [0.1, 0.15) is 5.65 Å². The Kier molecular flexibility index (Phi) is 4.74. The smallest absolute Gasteiger partial charge is 0.294 e. The van der Waals surface area contributed by atoms with Gasteiger partial charge in [-0.05, 0) is 25.1 Å². The van der Waals surface area contributed by atoms with E-state index in [1.165, 1.54) is 22.8 Å². The van der Waals surface area contributed by atoms with Crippen LogP contribution in [-0.2, 0) is 13.6 Å². The Morgan fingerprint density at radius 1 is 1.21 bits per heavy atom. The fraction of sp³-hybridized carbons (Fsp3) is 0.158. The lowest BCUT2D eigenvalue weighted by atomic mass is 10.3. The summed E-state index contributed by atoms with van der Waals surface area (Å²) in [6.45, 7) is 2.48. The number of pyridine rings is 1. The number of para-hydroxylation sites is 1. The van der Waals surface area contributed by atoms with Gasteiger partial charge in [0, 0.05) is 29.7 Å². The number of aryl methyl sites for hydroxylation is 2. The second kappa shape index (κ2) is 7.35. The molecule has 0 atom stereocenters. The molecule has 1 N–H and O–H groups in total. The van der Waals surface area contributed by atoms with E-state index in [2.05, 4.69) is 20.3 Å². The molecule has 4 aromatic rings. The largest absolute Gasteiger partial charge is 0.448 e. The summed E-state index contributed by atoms with van der Waals surface area (Å²) in [4.78, 5) is 26.6. The summed E-state index contributed by atoms with van der Waals surface area (Å²) < 4.78 is 20.7. The summed E-state index contributed by atoms with van der Waals surface area (Å²) in [6, 6.07) is 7.43. The minimum absolute atomic E-state index is 0.00421. The van der Waals surface area contributed by atoms with E-state index >= 15 is 0 Å². The molecule has 1 aromatic carbocycles. The van der Waals surface area contributed by atoms with Crippen molar-refractivity contribution in [3.05, 3.63) is 68.8 Å². The maximum absolute atomic E-state index is 13.8. The van der Waals surface area contributed by atoms with Crippen molar-refractivity contribution >= 4 is 28.3 Å². The van der Waals surface area contributed by atoms with Crippen LogP contribution < -0.4 is 15.6 Å². The van der Waals surface area contributed by atoms with Gasteiger partial charge in [0.15, 0.2) is 17.3 Å². The zero-order valence-corrected chi connectivity index (χ0v) is 16.0. The summed E-state index contributed by atoms with van der Waals surface area (Å²) in [7, 11) is 1.59. The van der Waals surface area contributed by atoms with Crippen molar-refractivity contribution in [1.29, 1.82) is 0 Å². The second-order valence-electron chi connectivity index (χ2n) is 6.08. The molecule has 9 heteroatoms. The molecule has 0 fully saturated rings. The van der Waals surface area contributed by atoms with Gasteiger partial charge >= 0.3 is 0 Å². The standard InChI is InChI=1S/C19H16FN5O2S/c1-11-21-9-13(28-11)10-23-19-22-8-12-7-16(18(26)25(2)17(12)24-19)27-15-6-4-3-5-14(15)20/h3-9H,10H2,1-2H3,(H,22,23,24). The number of nitrogens with zero attached hydrogens (tertiary/aromatic N) is 4. The van der Waals surface area contributed by atoms with Crippen LogP contribution in [-0.4, -0.2) is 19.5 Å². The lowest BCUT2D eigenvalue weighted by molar-refractivity contribution is 0.434. The Hall–Kier alpha value is -3.33. The molecule has 3 aromatic heterocycles. The van der Waals surface area contributed by atoms with Crippen LogP contribution in [0.25, 0.3) is 11.0 Å². The predicted molar refractivity (Wildman–Crippen MR) is 105 cm³/mol. The third kappa shape index (κ3) is 3.56. The molecule has 0 saturated carbocycles. The highest BCUT2D eigenvalue weighted by Gasteiger charge is 2.13. The zero-order valence-electron chi connectivity index (χ0n) is 15.1. The Labute approximate surface area is 163 Å². The maximum Gasteiger partial charge on any atom is 0.294 e. The van der Waals surface area contributed by atoms with Gasteiger partial charge in [-0.1, -0.05) is 12.1 Å². The van der Waals surface area contributed by atoms with Gasteiger partial charge in [-0.2, -0.15) is 4.98 Å². The summed E-state index contributed by atoms with van der Waals surface area (Å²) in [5, 5.41) is 4.72. The number of rotatable bonds is 5. The van der Waals surface area contributed by atoms with Crippen molar-refractivity contribution in [3.8, 4) is 11.5 Å². The fourth-order valence-electron chi connectivity index (χ4n) is 2.67. The molecular formula is C19H16FN5O2S. The highest BCUT2D eigenvalue weighted by molar-refractivity contribution is 7.11. The van der Waals surface area contributed by atoms with Gasteiger partial charge in [-0.15, -0.1) is 11.3 Å². The first-order chi connectivity index (χ1) is 13.5. The average Bonchev–Trinajstić information content (AvgIpc) is 3.11. The molecule has 0 unspecified atom stereocenters. The molecule has 0 spiro atoms. The monoisotopic (exact) mass is 397 g/mol. The molecule has 0 amide bonds. The van der Waals surface area contributed by atoms with Crippen LogP contribution in [0.5, 0.6) is 11.5 Å². The highest BCUT2D eigenvalue weighted by Crippen LogP contribution is 2.24. The Balaban J connectivity index is 1.64. The minimum atomic E-state index is -0.543.